The number of esters is 1. The van der Waals surface area contributed by atoms with Crippen LogP contribution in [0, 0.1) is 6.92 Å². The summed E-state index contributed by atoms with van der Waals surface area (Å²) < 4.78 is 10.1. The third-order valence-corrected chi connectivity index (χ3v) is 2.46. The lowest BCUT2D eigenvalue weighted by Gasteiger charge is -2.07. The van der Waals surface area contributed by atoms with Crippen molar-refractivity contribution >= 4 is 11.7 Å². The Balaban J connectivity index is 2.44. The number of hydrogen-bond donors (Lipinski definition) is 1. The number of benzene rings is 1. The number of ether oxygens (including phenoxy) is 2. The van der Waals surface area contributed by atoms with Crippen molar-refractivity contribution in [1.82, 2.24) is 0 Å². The molecule has 0 heterocycles. The number of carbonyl (C=O) groups excluding carboxylic acids is 1. The standard InChI is InChI=1S/C13H19NO3/c1-10-5-6-11(14)9-12(10)13(15)17-8-4-3-7-16-2/h5-6,9H,3-4,7-8,14H2,1-2H3. The summed E-state index contributed by atoms with van der Waals surface area (Å²) in [6.45, 7) is 2.96. The predicted octanol–water partition coefficient (Wildman–Crippen LogP) is 2.16. The molecule has 0 spiro atoms. The van der Waals surface area contributed by atoms with Gasteiger partial charge < -0.3 is 15.2 Å². The molecule has 0 aliphatic rings. The molecule has 1 aromatic rings. The molecule has 0 atom stereocenters. The number of hydrogen-bond acceptors (Lipinski definition) is 4. The molecule has 0 unspecified atom stereocenters. The van der Waals surface area contributed by atoms with Crippen molar-refractivity contribution in [3.8, 4) is 0 Å². The Kier molecular flexibility index (Phi) is 5.49. The molecule has 0 amide bonds. The zero-order chi connectivity index (χ0) is 12.7. The zero-order valence-electron chi connectivity index (χ0n) is 10.4. The largest absolute Gasteiger partial charge is 0.462 e. The van der Waals surface area contributed by atoms with Gasteiger partial charge in [0, 0.05) is 19.4 Å². The van der Waals surface area contributed by atoms with Gasteiger partial charge in [-0.3, -0.25) is 0 Å². The lowest BCUT2D eigenvalue weighted by Crippen LogP contribution is -2.09. The zero-order valence-corrected chi connectivity index (χ0v) is 10.4. The van der Waals surface area contributed by atoms with E-state index in [4.69, 9.17) is 15.2 Å². The Morgan fingerprint density at radius 1 is 1.29 bits per heavy atom. The minimum absolute atomic E-state index is 0.313. The molecule has 94 valence electrons. The Bertz CT molecular complexity index is 377. The fourth-order valence-corrected chi connectivity index (χ4v) is 1.45. The molecular weight excluding hydrogens is 218 g/mol. The van der Waals surface area contributed by atoms with E-state index in [1.807, 2.05) is 13.0 Å². The highest BCUT2D eigenvalue weighted by Gasteiger charge is 2.10. The second kappa shape index (κ2) is 6.91. The first-order valence-electron chi connectivity index (χ1n) is 5.67. The molecule has 0 aliphatic heterocycles. The molecule has 0 saturated heterocycles. The summed E-state index contributed by atoms with van der Waals surface area (Å²) in [5, 5.41) is 0. The maximum absolute atomic E-state index is 11.7. The van der Waals surface area contributed by atoms with Crippen LogP contribution in [0.5, 0.6) is 0 Å². The summed E-state index contributed by atoms with van der Waals surface area (Å²) in [6, 6.07) is 5.23. The number of carbonyl (C=O) groups is 1. The summed E-state index contributed by atoms with van der Waals surface area (Å²) in [4.78, 5) is 11.7. The molecule has 2 N–H and O–H groups in total. The molecule has 0 aliphatic carbocycles. The highest BCUT2D eigenvalue weighted by Crippen LogP contribution is 2.13. The number of nitrogens with two attached hydrogens (primary N) is 1. The molecule has 1 aromatic carbocycles. The summed E-state index contributed by atoms with van der Waals surface area (Å²) >= 11 is 0. The van der Waals surface area contributed by atoms with Gasteiger partial charge in [-0.25, -0.2) is 4.79 Å². The van der Waals surface area contributed by atoms with E-state index in [1.165, 1.54) is 0 Å². The molecule has 0 aromatic heterocycles. The summed E-state index contributed by atoms with van der Waals surface area (Å²) in [7, 11) is 1.65. The van der Waals surface area contributed by atoms with Gasteiger partial charge in [-0.2, -0.15) is 0 Å². The van der Waals surface area contributed by atoms with E-state index in [-0.39, 0.29) is 5.97 Å². The van der Waals surface area contributed by atoms with Crippen LogP contribution in [0.15, 0.2) is 18.2 Å². The molecule has 4 nitrogen and oxygen atoms in total. The van der Waals surface area contributed by atoms with Gasteiger partial charge in [0.1, 0.15) is 0 Å². The SMILES string of the molecule is COCCCCOC(=O)c1cc(N)ccc1C. The summed E-state index contributed by atoms with van der Waals surface area (Å²) in [5.41, 5.74) is 7.62. The van der Waals surface area contributed by atoms with Crippen LogP contribution in [0.4, 0.5) is 5.69 Å². The van der Waals surface area contributed by atoms with Crippen molar-refractivity contribution in [1.29, 1.82) is 0 Å². The molecule has 0 fully saturated rings. The van der Waals surface area contributed by atoms with Crippen molar-refractivity contribution in [2.24, 2.45) is 0 Å². The smallest absolute Gasteiger partial charge is 0.338 e. The van der Waals surface area contributed by atoms with Gasteiger partial charge >= 0.3 is 5.97 Å². The quantitative estimate of drug-likeness (QED) is 0.468. The van der Waals surface area contributed by atoms with Crippen LogP contribution < -0.4 is 5.73 Å². The Morgan fingerprint density at radius 3 is 2.71 bits per heavy atom. The number of unbranched alkanes of at least 4 members (excludes halogenated alkanes) is 1. The van der Waals surface area contributed by atoms with Crippen LogP contribution in [0.3, 0.4) is 0 Å². The fraction of sp³-hybridized carbons (Fsp3) is 0.462. The molecule has 4 heteroatoms. The average Bonchev–Trinajstić information content (AvgIpc) is 2.32. The second-order valence-corrected chi connectivity index (χ2v) is 3.91. The second-order valence-electron chi connectivity index (χ2n) is 3.91. The normalized spacial score (nSPS) is 10.2. The van der Waals surface area contributed by atoms with E-state index in [0.29, 0.717) is 24.5 Å². The lowest BCUT2D eigenvalue weighted by atomic mass is 10.1. The minimum Gasteiger partial charge on any atom is -0.462 e. The van der Waals surface area contributed by atoms with Crippen molar-refractivity contribution in [2.75, 3.05) is 26.1 Å². The monoisotopic (exact) mass is 237 g/mol. The van der Waals surface area contributed by atoms with E-state index in [2.05, 4.69) is 0 Å². The molecule has 0 saturated carbocycles. The maximum Gasteiger partial charge on any atom is 0.338 e. The van der Waals surface area contributed by atoms with E-state index in [0.717, 1.165) is 18.4 Å². The number of anilines is 1. The lowest BCUT2D eigenvalue weighted by molar-refractivity contribution is 0.0488. The topological polar surface area (TPSA) is 61.5 Å². The van der Waals surface area contributed by atoms with Crippen molar-refractivity contribution in [3.05, 3.63) is 29.3 Å². The average molecular weight is 237 g/mol. The highest BCUT2D eigenvalue weighted by atomic mass is 16.5. The van der Waals surface area contributed by atoms with E-state index in [1.54, 1.807) is 19.2 Å². The summed E-state index contributed by atoms with van der Waals surface area (Å²) in [6.07, 6.45) is 1.70. The van der Waals surface area contributed by atoms with Gasteiger partial charge in [0.25, 0.3) is 0 Å². The van der Waals surface area contributed by atoms with Crippen LogP contribution in [0.25, 0.3) is 0 Å². The van der Waals surface area contributed by atoms with Crippen LogP contribution in [0.2, 0.25) is 0 Å². The first-order valence-corrected chi connectivity index (χ1v) is 5.67. The van der Waals surface area contributed by atoms with E-state index >= 15 is 0 Å². The molecule has 0 radical (unpaired) electrons. The Hall–Kier alpha value is -1.55. The molecule has 0 bridgehead atoms. The minimum atomic E-state index is -0.313. The first kappa shape index (κ1) is 13.5. The van der Waals surface area contributed by atoms with Crippen molar-refractivity contribution < 1.29 is 14.3 Å². The summed E-state index contributed by atoms with van der Waals surface area (Å²) in [5.74, 6) is -0.313. The van der Waals surface area contributed by atoms with Crippen LogP contribution in [-0.2, 0) is 9.47 Å². The predicted molar refractivity (Wildman–Crippen MR) is 67.0 cm³/mol. The number of rotatable bonds is 6. The number of aryl methyl sites for hydroxylation is 1. The highest BCUT2D eigenvalue weighted by molar-refractivity contribution is 5.92. The number of nitrogen functional groups attached to an aromatic ring is 1. The van der Waals surface area contributed by atoms with Gasteiger partial charge in [0.2, 0.25) is 0 Å². The van der Waals surface area contributed by atoms with E-state index < -0.39 is 0 Å². The van der Waals surface area contributed by atoms with Crippen molar-refractivity contribution in [2.45, 2.75) is 19.8 Å². The maximum atomic E-state index is 11.7. The Morgan fingerprint density at radius 2 is 2.00 bits per heavy atom. The third-order valence-electron chi connectivity index (χ3n) is 2.46. The van der Waals surface area contributed by atoms with Crippen molar-refractivity contribution in [3.63, 3.8) is 0 Å². The third kappa shape index (κ3) is 4.44. The molecule has 1 rings (SSSR count). The van der Waals surface area contributed by atoms with Crippen LogP contribution >= 0.6 is 0 Å². The first-order chi connectivity index (χ1) is 8.15. The van der Waals surface area contributed by atoms with E-state index in [9.17, 15) is 4.79 Å². The van der Waals surface area contributed by atoms with Gasteiger partial charge in [-0.05, 0) is 37.5 Å². The van der Waals surface area contributed by atoms with Crippen LogP contribution in [0.1, 0.15) is 28.8 Å². The number of methoxy groups -OCH3 is 1. The Labute approximate surface area is 102 Å². The van der Waals surface area contributed by atoms with Gasteiger partial charge in [0.05, 0.1) is 12.2 Å². The van der Waals surface area contributed by atoms with Gasteiger partial charge in [0.15, 0.2) is 0 Å². The molecular formula is C13H19NO3. The van der Waals surface area contributed by atoms with Crippen LogP contribution in [-0.4, -0.2) is 26.3 Å². The molecule has 17 heavy (non-hydrogen) atoms. The van der Waals surface area contributed by atoms with Gasteiger partial charge in [-0.1, -0.05) is 6.07 Å². The van der Waals surface area contributed by atoms with Gasteiger partial charge in [-0.15, -0.1) is 0 Å². The fourth-order valence-electron chi connectivity index (χ4n) is 1.45.